The van der Waals surface area contributed by atoms with E-state index in [0.29, 0.717) is 33.9 Å². The molecule has 3 aromatic heterocycles. The number of aromatic nitrogens is 3. The minimum Gasteiger partial charge on any atom is -0.404 e. The van der Waals surface area contributed by atoms with Gasteiger partial charge in [0.1, 0.15) is 10.3 Å². The summed E-state index contributed by atoms with van der Waals surface area (Å²) in [5.74, 6) is -0.347. The molecule has 0 saturated heterocycles. The van der Waals surface area contributed by atoms with Gasteiger partial charge < -0.3 is 10.5 Å². The Hall–Kier alpha value is -2.70. The van der Waals surface area contributed by atoms with Crippen LogP contribution >= 0.6 is 23.2 Å². The lowest BCUT2D eigenvalue weighted by atomic mass is 10.1. The van der Waals surface area contributed by atoms with Crippen molar-refractivity contribution >= 4 is 51.8 Å². The number of nitrogens with two attached hydrogens (primary N) is 1. The number of esters is 1. The molecule has 0 saturated carbocycles. The Labute approximate surface area is 159 Å². The molecule has 3 rings (SSSR count). The topological polar surface area (TPSA) is 91.0 Å². The van der Waals surface area contributed by atoms with Crippen molar-refractivity contribution in [2.24, 2.45) is 0 Å². The lowest BCUT2D eigenvalue weighted by Crippen LogP contribution is -2.12. The van der Waals surface area contributed by atoms with Crippen LogP contribution in [0.2, 0.25) is 10.3 Å². The van der Waals surface area contributed by atoms with E-state index in [1.165, 1.54) is 12.3 Å². The lowest BCUT2D eigenvalue weighted by molar-refractivity contribution is -0.130. The second-order valence-corrected chi connectivity index (χ2v) is 6.17. The molecule has 8 heteroatoms. The number of hydrogen-bond donors (Lipinski definition) is 1. The highest BCUT2D eigenvalue weighted by atomic mass is 35.5. The van der Waals surface area contributed by atoms with Crippen LogP contribution in [-0.2, 0) is 4.79 Å². The lowest BCUT2D eigenvalue weighted by Gasteiger charge is -2.08. The number of anilines is 1. The molecular weight excluding hydrogens is 375 g/mol. The van der Waals surface area contributed by atoms with Gasteiger partial charge in [0.25, 0.3) is 0 Å². The van der Waals surface area contributed by atoms with Crippen molar-refractivity contribution in [3.63, 3.8) is 0 Å². The molecule has 0 atom stereocenters. The standard InChI is InChI=1S/C18H14Cl2N4O2/c1-2-10(5-12-9-23-15(19)6-13(12)21)18(25)26-17-4-3-11-8-22-16(20)7-14(11)24-17/h3-9H,2H2,1H3,(H2,21,23)/b10-5+. The third kappa shape index (κ3) is 4.09. The van der Waals surface area contributed by atoms with E-state index >= 15 is 0 Å². The second-order valence-electron chi connectivity index (χ2n) is 5.40. The first-order chi connectivity index (χ1) is 12.5. The van der Waals surface area contributed by atoms with E-state index in [-0.39, 0.29) is 11.0 Å². The van der Waals surface area contributed by atoms with Gasteiger partial charge in [0.05, 0.1) is 5.52 Å². The molecule has 0 unspecified atom stereocenters. The fraction of sp³-hybridized carbons (Fsp3) is 0.111. The van der Waals surface area contributed by atoms with E-state index in [2.05, 4.69) is 15.0 Å². The van der Waals surface area contributed by atoms with Gasteiger partial charge in [-0.2, -0.15) is 0 Å². The molecule has 3 heterocycles. The number of carbonyl (C=O) groups is 1. The number of pyridine rings is 3. The second kappa shape index (κ2) is 7.68. The summed E-state index contributed by atoms with van der Waals surface area (Å²) in [5, 5.41) is 1.39. The smallest absolute Gasteiger partial charge is 0.340 e. The highest BCUT2D eigenvalue weighted by Gasteiger charge is 2.13. The quantitative estimate of drug-likeness (QED) is 0.406. The molecule has 0 radical (unpaired) electrons. The van der Waals surface area contributed by atoms with Crippen LogP contribution < -0.4 is 10.5 Å². The zero-order valence-corrected chi connectivity index (χ0v) is 15.3. The van der Waals surface area contributed by atoms with E-state index in [9.17, 15) is 4.79 Å². The van der Waals surface area contributed by atoms with Crippen LogP contribution in [0.15, 0.2) is 42.2 Å². The molecule has 0 aliphatic heterocycles. The molecule has 0 spiro atoms. The number of hydrogen-bond acceptors (Lipinski definition) is 6. The number of rotatable bonds is 4. The molecular formula is C18H14Cl2N4O2. The van der Waals surface area contributed by atoms with Crippen molar-refractivity contribution in [3.05, 3.63) is 58.1 Å². The third-order valence-electron chi connectivity index (χ3n) is 3.62. The molecule has 3 aromatic rings. The Morgan fingerprint density at radius 2 is 1.92 bits per heavy atom. The van der Waals surface area contributed by atoms with Crippen LogP contribution in [0.25, 0.3) is 17.0 Å². The van der Waals surface area contributed by atoms with E-state index in [1.807, 2.05) is 6.92 Å². The van der Waals surface area contributed by atoms with Gasteiger partial charge in [0.15, 0.2) is 0 Å². The average molecular weight is 389 g/mol. The van der Waals surface area contributed by atoms with Crippen molar-refractivity contribution in [1.82, 2.24) is 15.0 Å². The zero-order chi connectivity index (χ0) is 18.7. The van der Waals surface area contributed by atoms with Gasteiger partial charge >= 0.3 is 5.97 Å². The number of carbonyl (C=O) groups excluding carboxylic acids is 1. The van der Waals surface area contributed by atoms with Gasteiger partial charge in [0, 0.05) is 46.7 Å². The highest BCUT2D eigenvalue weighted by molar-refractivity contribution is 6.30. The molecule has 0 fully saturated rings. The Balaban J connectivity index is 1.86. The number of fused-ring (bicyclic) bond motifs is 1. The Morgan fingerprint density at radius 3 is 2.65 bits per heavy atom. The monoisotopic (exact) mass is 388 g/mol. The average Bonchev–Trinajstić information content (AvgIpc) is 2.60. The zero-order valence-electron chi connectivity index (χ0n) is 13.7. The van der Waals surface area contributed by atoms with Gasteiger partial charge in [-0.1, -0.05) is 30.1 Å². The summed E-state index contributed by atoms with van der Waals surface area (Å²) in [4.78, 5) is 24.7. The number of ether oxygens (including phenoxy) is 1. The number of halogens is 2. The van der Waals surface area contributed by atoms with Gasteiger partial charge in [0.2, 0.25) is 5.88 Å². The normalized spacial score (nSPS) is 11.6. The first-order valence-electron chi connectivity index (χ1n) is 7.72. The summed E-state index contributed by atoms with van der Waals surface area (Å²) >= 11 is 11.7. The Kier molecular flexibility index (Phi) is 5.35. The summed E-state index contributed by atoms with van der Waals surface area (Å²) in [6, 6.07) is 6.48. The Bertz CT molecular complexity index is 1020. The first kappa shape index (κ1) is 18.1. The van der Waals surface area contributed by atoms with Crippen molar-refractivity contribution in [1.29, 1.82) is 0 Å². The van der Waals surface area contributed by atoms with Crippen molar-refractivity contribution in [3.8, 4) is 5.88 Å². The van der Waals surface area contributed by atoms with E-state index < -0.39 is 5.97 Å². The minimum atomic E-state index is -0.520. The molecule has 0 aromatic carbocycles. The van der Waals surface area contributed by atoms with E-state index in [1.54, 1.807) is 30.5 Å². The summed E-state index contributed by atoms with van der Waals surface area (Å²) in [6.45, 7) is 1.84. The maximum absolute atomic E-state index is 12.5. The predicted molar refractivity (Wildman–Crippen MR) is 102 cm³/mol. The minimum absolute atomic E-state index is 0.173. The molecule has 0 bridgehead atoms. The van der Waals surface area contributed by atoms with Crippen LogP contribution in [0, 0.1) is 0 Å². The summed E-state index contributed by atoms with van der Waals surface area (Å²) < 4.78 is 5.38. The molecule has 0 amide bonds. The molecule has 6 nitrogen and oxygen atoms in total. The number of nitrogen functional groups attached to an aromatic ring is 1. The van der Waals surface area contributed by atoms with Crippen molar-refractivity contribution in [2.75, 3.05) is 5.73 Å². The van der Waals surface area contributed by atoms with Gasteiger partial charge in [-0.15, -0.1) is 0 Å². The largest absolute Gasteiger partial charge is 0.404 e. The van der Waals surface area contributed by atoms with Gasteiger partial charge in [-0.25, -0.2) is 19.7 Å². The third-order valence-corrected chi connectivity index (χ3v) is 4.03. The van der Waals surface area contributed by atoms with Crippen LogP contribution in [0.1, 0.15) is 18.9 Å². The fourth-order valence-electron chi connectivity index (χ4n) is 2.26. The molecule has 0 aliphatic carbocycles. The first-order valence-corrected chi connectivity index (χ1v) is 8.48. The summed E-state index contributed by atoms with van der Waals surface area (Å²) in [6.07, 6.45) is 5.18. The van der Waals surface area contributed by atoms with E-state index in [0.717, 1.165) is 5.39 Å². The fourth-order valence-corrected chi connectivity index (χ4v) is 2.58. The molecule has 132 valence electrons. The van der Waals surface area contributed by atoms with Crippen LogP contribution in [0.3, 0.4) is 0 Å². The summed E-state index contributed by atoms with van der Waals surface area (Å²) in [7, 11) is 0. The Morgan fingerprint density at radius 1 is 1.19 bits per heavy atom. The highest BCUT2D eigenvalue weighted by Crippen LogP contribution is 2.22. The summed E-state index contributed by atoms with van der Waals surface area (Å²) in [5.41, 5.74) is 7.93. The number of nitrogens with zero attached hydrogens (tertiary/aromatic N) is 3. The van der Waals surface area contributed by atoms with Crippen LogP contribution in [0.5, 0.6) is 5.88 Å². The van der Waals surface area contributed by atoms with Gasteiger partial charge in [-0.3, -0.25) is 0 Å². The maximum atomic E-state index is 12.5. The molecule has 2 N–H and O–H groups in total. The molecule has 26 heavy (non-hydrogen) atoms. The van der Waals surface area contributed by atoms with Crippen molar-refractivity contribution < 1.29 is 9.53 Å². The maximum Gasteiger partial charge on any atom is 0.340 e. The molecule has 0 aliphatic rings. The van der Waals surface area contributed by atoms with E-state index in [4.69, 9.17) is 33.7 Å². The predicted octanol–water partition coefficient (Wildman–Crippen LogP) is 4.31. The van der Waals surface area contributed by atoms with Crippen LogP contribution in [0.4, 0.5) is 5.69 Å². The van der Waals surface area contributed by atoms with Gasteiger partial charge in [-0.05, 0) is 24.6 Å². The SMILES string of the molecule is CC/C(=C\c1cnc(Cl)cc1N)C(=O)Oc1ccc2cnc(Cl)cc2n1. The van der Waals surface area contributed by atoms with Crippen LogP contribution in [-0.4, -0.2) is 20.9 Å². The van der Waals surface area contributed by atoms with Crippen molar-refractivity contribution in [2.45, 2.75) is 13.3 Å².